The van der Waals surface area contributed by atoms with E-state index in [1.807, 2.05) is 0 Å². The Morgan fingerprint density at radius 2 is 1.38 bits per heavy atom. The SMILES string of the molecule is COc1cccc2c1C(=O)c1c(OC(C)=O)c3c(c(OC(C)=O)c1C2=O)C[C@@](OC(C)=O)(C(C)=O)CC3. The number of ether oxygens (including phenoxy) is 4. The number of hydrogen-bond acceptors (Lipinski definition) is 10. The zero-order valence-corrected chi connectivity index (χ0v) is 20.9. The normalized spacial score (nSPS) is 17.6. The summed E-state index contributed by atoms with van der Waals surface area (Å²) in [6.45, 7) is 4.70. The fourth-order valence-electron chi connectivity index (χ4n) is 5.02. The molecule has 0 amide bonds. The highest BCUT2D eigenvalue weighted by atomic mass is 16.6. The molecule has 1 atom stereocenters. The lowest BCUT2D eigenvalue weighted by atomic mass is 9.73. The van der Waals surface area contributed by atoms with Gasteiger partial charge < -0.3 is 18.9 Å². The van der Waals surface area contributed by atoms with E-state index in [1.54, 1.807) is 0 Å². The lowest BCUT2D eigenvalue weighted by molar-refractivity contribution is -0.166. The first-order valence-corrected chi connectivity index (χ1v) is 11.5. The Morgan fingerprint density at radius 1 is 0.784 bits per heavy atom. The molecule has 0 heterocycles. The Kier molecular flexibility index (Phi) is 6.45. The minimum Gasteiger partial charge on any atom is -0.496 e. The number of carbonyl (C=O) groups excluding carboxylic acids is 6. The summed E-state index contributed by atoms with van der Waals surface area (Å²) in [6.07, 6.45) is -0.218. The van der Waals surface area contributed by atoms with Crippen molar-refractivity contribution in [2.45, 2.75) is 52.6 Å². The highest BCUT2D eigenvalue weighted by Crippen LogP contribution is 2.49. The van der Waals surface area contributed by atoms with Crippen molar-refractivity contribution in [1.29, 1.82) is 0 Å². The summed E-state index contributed by atoms with van der Waals surface area (Å²) in [5, 5.41) is 0. The predicted octanol–water partition coefficient (Wildman–Crippen LogP) is 2.70. The van der Waals surface area contributed by atoms with Gasteiger partial charge in [0.15, 0.2) is 17.2 Å². The molecule has 0 bridgehead atoms. The highest BCUT2D eigenvalue weighted by Gasteiger charge is 2.48. The second-order valence-corrected chi connectivity index (χ2v) is 8.91. The molecule has 0 aromatic heterocycles. The van der Waals surface area contributed by atoms with E-state index in [9.17, 15) is 28.8 Å². The van der Waals surface area contributed by atoms with Crippen molar-refractivity contribution in [1.82, 2.24) is 0 Å². The molecule has 2 aromatic rings. The molecule has 37 heavy (non-hydrogen) atoms. The number of hydrogen-bond donors (Lipinski definition) is 0. The van der Waals surface area contributed by atoms with Gasteiger partial charge in [-0.2, -0.15) is 0 Å². The van der Waals surface area contributed by atoms with Crippen LogP contribution in [0.25, 0.3) is 0 Å². The molecule has 192 valence electrons. The van der Waals surface area contributed by atoms with Gasteiger partial charge >= 0.3 is 17.9 Å². The van der Waals surface area contributed by atoms with Crippen LogP contribution in [-0.4, -0.2) is 48.0 Å². The van der Waals surface area contributed by atoms with Crippen LogP contribution in [0.3, 0.4) is 0 Å². The van der Waals surface area contributed by atoms with E-state index in [1.165, 1.54) is 32.2 Å². The van der Waals surface area contributed by atoms with Gasteiger partial charge in [0.05, 0.1) is 23.8 Å². The summed E-state index contributed by atoms with van der Waals surface area (Å²) in [7, 11) is 1.35. The third-order valence-corrected chi connectivity index (χ3v) is 6.50. The summed E-state index contributed by atoms with van der Waals surface area (Å²) in [4.78, 5) is 76.6. The van der Waals surface area contributed by atoms with E-state index >= 15 is 0 Å². The van der Waals surface area contributed by atoms with Gasteiger partial charge in [-0.15, -0.1) is 0 Å². The number of Topliss-reactive ketones (excluding diaryl/α,β-unsaturated/α-hetero) is 1. The van der Waals surface area contributed by atoms with Crippen LogP contribution in [0.1, 0.15) is 77.1 Å². The van der Waals surface area contributed by atoms with Crippen molar-refractivity contribution in [3.63, 3.8) is 0 Å². The standard InChI is InChI=1S/C27H24O10/c1-12(28)27(37-15(4)31)10-9-16-18(11-27)26(36-14(3)30)21-22(25(16)35-13(2)29)24(33)20-17(23(21)32)7-6-8-19(20)34-5/h6-8H,9-11H2,1-5H3/t27-/m1/s1. The van der Waals surface area contributed by atoms with E-state index in [2.05, 4.69) is 0 Å². The largest absolute Gasteiger partial charge is 0.496 e. The minimum atomic E-state index is -1.60. The average Bonchev–Trinajstić information content (AvgIpc) is 2.82. The van der Waals surface area contributed by atoms with Crippen LogP contribution in [0.15, 0.2) is 18.2 Å². The van der Waals surface area contributed by atoms with Crippen LogP contribution in [0.2, 0.25) is 0 Å². The van der Waals surface area contributed by atoms with Crippen molar-refractivity contribution in [3.05, 3.63) is 51.6 Å². The van der Waals surface area contributed by atoms with E-state index < -0.39 is 40.9 Å². The Labute approximate surface area is 211 Å². The maximum Gasteiger partial charge on any atom is 0.308 e. The fourth-order valence-corrected chi connectivity index (χ4v) is 5.02. The van der Waals surface area contributed by atoms with Gasteiger partial charge in [0.25, 0.3) is 0 Å². The Hall–Kier alpha value is -4.34. The first-order valence-electron chi connectivity index (χ1n) is 11.5. The number of carbonyl (C=O) groups is 6. The zero-order valence-electron chi connectivity index (χ0n) is 20.9. The number of benzene rings is 2. The highest BCUT2D eigenvalue weighted by molar-refractivity contribution is 6.31. The number of rotatable bonds is 5. The molecule has 2 aromatic carbocycles. The van der Waals surface area contributed by atoms with Gasteiger partial charge in [-0.25, -0.2) is 0 Å². The number of esters is 3. The van der Waals surface area contributed by atoms with Gasteiger partial charge in [-0.3, -0.25) is 28.8 Å². The van der Waals surface area contributed by atoms with E-state index in [4.69, 9.17) is 18.9 Å². The molecule has 0 spiro atoms. The number of ketones is 3. The molecule has 2 aliphatic carbocycles. The molecule has 0 aliphatic heterocycles. The van der Waals surface area contributed by atoms with E-state index in [-0.39, 0.29) is 64.3 Å². The van der Waals surface area contributed by atoms with Crippen molar-refractivity contribution < 1.29 is 47.7 Å². The molecule has 10 heteroatoms. The lowest BCUT2D eigenvalue weighted by Crippen LogP contribution is -2.47. The summed E-state index contributed by atoms with van der Waals surface area (Å²) < 4.78 is 21.8. The molecule has 0 saturated heterocycles. The monoisotopic (exact) mass is 508 g/mol. The molecular weight excluding hydrogens is 484 g/mol. The van der Waals surface area contributed by atoms with E-state index in [0.717, 1.165) is 20.8 Å². The van der Waals surface area contributed by atoms with Crippen LogP contribution in [0.5, 0.6) is 17.2 Å². The molecule has 0 saturated carbocycles. The van der Waals surface area contributed by atoms with Gasteiger partial charge in [0.2, 0.25) is 5.78 Å². The summed E-state index contributed by atoms with van der Waals surface area (Å²) in [5.74, 6) is -4.26. The second kappa shape index (κ2) is 9.27. The van der Waals surface area contributed by atoms with Gasteiger partial charge in [-0.05, 0) is 25.8 Å². The molecule has 0 radical (unpaired) electrons. The Balaban J connectivity index is 2.11. The van der Waals surface area contributed by atoms with Gasteiger partial charge in [0, 0.05) is 43.9 Å². The molecule has 0 N–H and O–H groups in total. The quantitative estimate of drug-likeness (QED) is 0.373. The predicted molar refractivity (Wildman–Crippen MR) is 126 cm³/mol. The second-order valence-electron chi connectivity index (χ2n) is 8.91. The Morgan fingerprint density at radius 3 is 1.92 bits per heavy atom. The fraction of sp³-hybridized carbons (Fsp3) is 0.333. The first kappa shape index (κ1) is 25.7. The summed E-state index contributed by atoms with van der Waals surface area (Å²) in [5.41, 5.74) is -1.66. The van der Waals surface area contributed by atoms with Crippen LogP contribution in [0.4, 0.5) is 0 Å². The molecule has 4 rings (SSSR count). The van der Waals surface area contributed by atoms with Crippen LogP contribution < -0.4 is 14.2 Å². The lowest BCUT2D eigenvalue weighted by Gasteiger charge is -2.37. The average molecular weight is 508 g/mol. The Bertz CT molecular complexity index is 1420. The van der Waals surface area contributed by atoms with Crippen LogP contribution in [0, 0.1) is 0 Å². The van der Waals surface area contributed by atoms with Crippen LogP contribution in [-0.2, 0) is 36.8 Å². The molecular formula is C27H24O10. The van der Waals surface area contributed by atoms with Crippen molar-refractivity contribution in [3.8, 4) is 17.2 Å². The maximum absolute atomic E-state index is 13.9. The van der Waals surface area contributed by atoms with Gasteiger partial charge in [0.1, 0.15) is 17.2 Å². The van der Waals surface area contributed by atoms with Crippen molar-refractivity contribution >= 4 is 35.3 Å². The third-order valence-electron chi connectivity index (χ3n) is 6.50. The third kappa shape index (κ3) is 4.18. The van der Waals surface area contributed by atoms with E-state index in [0.29, 0.717) is 5.56 Å². The molecule has 2 aliphatic rings. The smallest absolute Gasteiger partial charge is 0.308 e. The van der Waals surface area contributed by atoms with Crippen LogP contribution >= 0.6 is 0 Å². The van der Waals surface area contributed by atoms with Gasteiger partial charge in [-0.1, -0.05) is 12.1 Å². The first-order chi connectivity index (χ1) is 17.4. The van der Waals surface area contributed by atoms with Crippen molar-refractivity contribution in [2.75, 3.05) is 7.11 Å². The summed E-state index contributed by atoms with van der Waals surface area (Å²) >= 11 is 0. The topological polar surface area (TPSA) is 139 Å². The molecule has 0 fully saturated rings. The zero-order chi connectivity index (χ0) is 27.2. The molecule has 0 unspecified atom stereocenters. The number of methoxy groups -OCH3 is 1. The summed E-state index contributed by atoms with van der Waals surface area (Å²) in [6, 6.07) is 4.49. The maximum atomic E-state index is 13.9. The molecule has 10 nitrogen and oxygen atoms in total. The minimum absolute atomic E-state index is 0.00704. The van der Waals surface area contributed by atoms with Crippen molar-refractivity contribution in [2.24, 2.45) is 0 Å². The number of fused-ring (bicyclic) bond motifs is 3.